The van der Waals surface area contributed by atoms with Gasteiger partial charge in [-0.2, -0.15) is 0 Å². The molecular weight excluding hydrogens is 440 g/mol. The van der Waals surface area contributed by atoms with E-state index in [1.165, 1.54) is 37.3 Å². The molecule has 1 N–H and O–H groups in total. The SMILES string of the molecule is CC(=O)OC1(CCCCCCCCCCC(C)O)C=CC=C(S(=O)(=O)c2ccccc2)C1=O. The van der Waals surface area contributed by atoms with Crippen molar-refractivity contribution >= 4 is 21.6 Å². The molecule has 0 aliphatic heterocycles. The fourth-order valence-electron chi connectivity index (χ4n) is 4.06. The number of sulfone groups is 1. The molecule has 7 heteroatoms. The van der Waals surface area contributed by atoms with Crippen molar-refractivity contribution in [2.45, 2.75) is 94.7 Å². The van der Waals surface area contributed by atoms with Crippen molar-refractivity contribution in [2.75, 3.05) is 0 Å². The molecule has 0 saturated heterocycles. The molecule has 0 fully saturated rings. The highest BCUT2D eigenvalue weighted by Crippen LogP contribution is 2.34. The predicted molar refractivity (Wildman–Crippen MR) is 128 cm³/mol. The van der Waals surface area contributed by atoms with Crippen LogP contribution in [0.25, 0.3) is 0 Å². The number of benzene rings is 1. The molecule has 0 radical (unpaired) electrons. The molecule has 0 amide bonds. The zero-order valence-corrected chi connectivity index (χ0v) is 20.5. The van der Waals surface area contributed by atoms with Crippen LogP contribution < -0.4 is 0 Å². The number of hydrogen-bond donors (Lipinski definition) is 1. The second-order valence-electron chi connectivity index (χ2n) is 8.73. The molecule has 6 nitrogen and oxygen atoms in total. The smallest absolute Gasteiger partial charge is 0.303 e. The topological polar surface area (TPSA) is 97.7 Å². The molecule has 2 atom stereocenters. The van der Waals surface area contributed by atoms with Crippen LogP contribution in [0.3, 0.4) is 0 Å². The van der Waals surface area contributed by atoms with Gasteiger partial charge in [-0.25, -0.2) is 8.42 Å². The Morgan fingerprint density at radius 1 is 1.00 bits per heavy atom. The van der Waals surface area contributed by atoms with E-state index in [0.29, 0.717) is 6.42 Å². The van der Waals surface area contributed by atoms with Gasteiger partial charge in [0.05, 0.1) is 11.0 Å². The van der Waals surface area contributed by atoms with E-state index in [2.05, 4.69) is 0 Å². The Bertz CT molecular complexity index is 946. The number of rotatable bonds is 14. The van der Waals surface area contributed by atoms with Crippen molar-refractivity contribution in [3.05, 3.63) is 53.5 Å². The van der Waals surface area contributed by atoms with Crippen LogP contribution in [0.1, 0.15) is 78.1 Å². The van der Waals surface area contributed by atoms with Crippen LogP contribution in [0, 0.1) is 0 Å². The molecule has 0 saturated carbocycles. The fraction of sp³-hybridized carbons (Fsp3) is 0.538. The number of Topliss-reactive ketones (excluding diaryl/α,β-unsaturated/α-hetero) is 1. The second kappa shape index (κ2) is 12.8. The minimum Gasteiger partial charge on any atom is -0.446 e. The van der Waals surface area contributed by atoms with Crippen molar-refractivity contribution < 1.29 is 27.9 Å². The Morgan fingerprint density at radius 2 is 1.58 bits per heavy atom. The summed E-state index contributed by atoms with van der Waals surface area (Å²) in [5, 5.41) is 9.28. The molecule has 0 bridgehead atoms. The number of ketones is 1. The fourth-order valence-corrected chi connectivity index (χ4v) is 5.51. The molecule has 2 rings (SSSR count). The standard InChI is InChI=1S/C26H36O6S/c1-21(27)15-10-7-5-3-4-6-8-13-19-26(32-22(2)28)20-14-18-24(25(26)29)33(30,31)23-16-11-9-12-17-23/h9,11-12,14,16-18,20-21,27H,3-8,10,13,15,19H2,1-2H3. The molecule has 2 unspecified atom stereocenters. The van der Waals surface area contributed by atoms with Crippen molar-refractivity contribution in [3.63, 3.8) is 0 Å². The van der Waals surface area contributed by atoms with Crippen LogP contribution >= 0.6 is 0 Å². The lowest BCUT2D eigenvalue weighted by atomic mass is 9.87. The maximum absolute atomic E-state index is 13.3. The summed E-state index contributed by atoms with van der Waals surface area (Å²) < 4.78 is 31.6. The number of aliphatic hydroxyl groups is 1. The van der Waals surface area contributed by atoms with Gasteiger partial charge in [0.1, 0.15) is 4.91 Å². The summed E-state index contributed by atoms with van der Waals surface area (Å²) in [6, 6.07) is 7.79. The summed E-state index contributed by atoms with van der Waals surface area (Å²) in [5.41, 5.74) is -1.58. The first-order valence-corrected chi connectivity index (χ1v) is 13.3. The van der Waals surface area contributed by atoms with E-state index in [4.69, 9.17) is 4.74 Å². The van der Waals surface area contributed by atoms with Crippen LogP contribution in [-0.4, -0.2) is 37.0 Å². The Kier molecular flexibility index (Phi) is 10.5. The van der Waals surface area contributed by atoms with Crippen LogP contribution in [0.5, 0.6) is 0 Å². The summed E-state index contributed by atoms with van der Waals surface area (Å²) in [5.74, 6) is -1.31. The van der Waals surface area contributed by atoms with E-state index in [1.807, 2.05) is 6.92 Å². The largest absolute Gasteiger partial charge is 0.446 e. The molecule has 182 valence electrons. The monoisotopic (exact) mass is 476 g/mol. The molecule has 1 aliphatic carbocycles. The third-order valence-electron chi connectivity index (χ3n) is 5.81. The van der Waals surface area contributed by atoms with Gasteiger partial charge in [0.2, 0.25) is 15.6 Å². The highest BCUT2D eigenvalue weighted by atomic mass is 32.2. The molecule has 0 heterocycles. The lowest BCUT2D eigenvalue weighted by Crippen LogP contribution is -2.44. The molecule has 1 aromatic carbocycles. The molecule has 1 aliphatic rings. The summed E-state index contributed by atoms with van der Waals surface area (Å²) in [7, 11) is -4.02. The predicted octanol–water partition coefficient (Wildman–Crippen LogP) is 5.07. The zero-order valence-electron chi connectivity index (χ0n) is 19.7. The zero-order chi connectivity index (χ0) is 24.3. The van der Waals surface area contributed by atoms with Crippen molar-refractivity contribution in [1.82, 2.24) is 0 Å². The summed E-state index contributed by atoms with van der Waals surface area (Å²) >= 11 is 0. The maximum Gasteiger partial charge on any atom is 0.303 e. The Balaban J connectivity index is 1.94. The number of esters is 1. The van der Waals surface area contributed by atoms with Gasteiger partial charge >= 0.3 is 5.97 Å². The number of aliphatic hydroxyl groups excluding tert-OH is 1. The number of carbonyl (C=O) groups excluding carboxylic acids is 2. The van der Waals surface area contributed by atoms with E-state index < -0.39 is 27.2 Å². The first-order chi connectivity index (χ1) is 15.7. The van der Waals surface area contributed by atoms with Crippen molar-refractivity contribution in [2.24, 2.45) is 0 Å². The molecule has 0 spiro atoms. The quantitative estimate of drug-likeness (QED) is 0.297. The summed E-state index contributed by atoms with van der Waals surface area (Å²) in [4.78, 5) is 24.8. The van der Waals surface area contributed by atoms with Crippen molar-refractivity contribution in [1.29, 1.82) is 0 Å². The van der Waals surface area contributed by atoms with Gasteiger partial charge in [0, 0.05) is 6.92 Å². The molecule has 0 aromatic heterocycles. The number of carbonyl (C=O) groups is 2. The molecule has 1 aromatic rings. The van der Waals surface area contributed by atoms with Gasteiger partial charge in [-0.05, 0) is 50.5 Å². The third-order valence-corrected chi connectivity index (χ3v) is 7.60. The lowest BCUT2D eigenvalue weighted by Gasteiger charge is -2.31. The summed E-state index contributed by atoms with van der Waals surface area (Å²) in [6.07, 6.45) is 13.1. The van der Waals surface area contributed by atoms with Gasteiger partial charge < -0.3 is 9.84 Å². The minimum absolute atomic E-state index is 0.0325. The second-order valence-corrected chi connectivity index (χ2v) is 10.7. The third kappa shape index (κ3) is 7.93. The van der Waals surface area contributed by atoms with Gasteiger partial charge in [-0.15, -0.1) is 0 Å². The van der Waals surface area contributed by atoms with Crippen LogP contribution in [-0.2, 0) is 24.2 Å². The highest BCUT2D eigenvalue weighted by molar-refractivity contribution is 7.96. The van der Waals surface area contributed by atoms with Gasteiger partial charge in [0.15, 0.2) is 5.60 Å². The highest BCUT2D eigenvalue weighted by Gasteiger charge is 2.45. The lowest BCUT2D eigenvalue weighted by molar-refractivity contribution is -0.159. The Hall–Kier alpha value is -2.25. The van der Waals surface area contributed by atoms with Crippen LogP contribution in [0.2, 0.25) is 0 Å². The average Bonchev–Trinajstić information content (AvgIpc) is 2.76. The van der Waals surface area contributed by atoms with Gasteiger partial charge in [-0.3, -0.25) is 9.59 Å². The molecule has 33 heavy (non-hydrogen) atoms. The Morgan fingerprint density at radius 3 is 2.15 bits per heavy atom. The number of hydrogen-bond acceptors (Lipinski definition) is 6. The number of unbranched alkanes of at least 4 members (excludes halogenated alkanes) is 7. The Labute approximate surface area is 197 Å². The van der Waals surface area contributed by atoms with Gasteiger partial charge in [0.25, 0.3) is 0 Å². The normalized spacial score (nSPS) is 19.2. The van der Waals surface area contributed by atoms with Crippen molar-refractivity contribution in [3.8, 4) is 0 Å². The average molecular weight is 477 g/mol. The summed E-state index contributed by atoms with van der Waals surface area (Å²) in [6.45, 7) is 3.04. The number of ether oxygens (including phenoxy) is 1. The van der Waals surface area contributed by atoms with E-state index in [-0.39, 0.29) is 22.3 Å². The number of allylic oxidation sites excluding steroid dienone is 2. The molecular formula is C26H36O6S. The first kappa shape index (κ1) is 27.0. The van der Waals surface area contributed by atoms with E-state index in [9.17, 15) is 23.1 Å². The van der Waals surface area contributed by atoms with E-state index in [0.717, 1.165) is 51.4 Å². The van der Waals surface area contributed by atoms with E-state index >= 15 is 0 Å². The van der Waals surface area contributed by atoms with Gasteiger partial charge in [-0.1, -0.05) is 69.2 Å². The van der Waals surface area contributed by atoms with Crippen LogP contribution in [0.4, 0.5) is 0 Å². The van der Waals surface area contributed by atoms with Crippen LogP contribution in [0.15, 0.2) is 58.4 Å². The van der Waals surface area contributed by atoms with E-state index in [1.54, 1.807) is 18.2 Å². The first-order valence-electron chi connectivity index (χ1n) is 11.8. The maximum atomic E-state index is 13.3. The minimum atomic E-state index is -4.02.